The number of imide groups is 1. The Morgan fingerprint density at radius 3 is 2.70 bits per heavy atom. The summed E-state index contributed by atoms with van der Waals surface area (Å²) in [7, 11) is 0. The summed E-state index contributed by atoms with van der Waals surface area (Å²) in [5, 5.41) is 15.3. The summed E-state index contributed by atoms with van der Waals surface area (Å²) in [4.78, 5) is 35.7. The fourth-order valence-corrected chi connectivity index (χ4v) is 2.56. The molecule has 0 radical (unpaired) electrons. The normalized spacial score (nSPS) is 15.3. The Bertz CT molecular complexity index is 748. The van der Waals surface area contributed by atoms with Crippen molar-refractivity contribution in [3.8, 4) is 0 Å². The second-order valence-corrected chi connectivity index (χ2v) is 5.47. The van der Waals surface area contributed by atoms with Crippen LogP contribution in [0.15, 0.2) is 24.4 Å². The molecule has 8 heteroatoms. The van der Waals surface area contributed by atoms with Crippen LogP contribution in [0, 0.1) is 5.92 Å². The van der Waals surface area contributed by atoms with Crippen molar-refractivity contribution >= 4 is 34.3 Å². The number of piperidine rings is 1. The number of hydrogen-bond donors (Lipinski definition) is 4. The van der Waals surface area contributed by atoms with Crippen LogP contribution >= 0.6 is 0 Å². The van der Waals surface area contributed by atoms with Crippen molar-refractivity contribution in [3.05, 3.63) is 24.4 Å². The van der Waals surface area contributed by atoms with Gasteiger partial charge in [0.15, 0.2) is 0 Å². The van der Waals surface area contributed by atoms with Gasteiger partial charge in [-0.2, -0.15) is 5.10 Å². The van der Waals surface area contributed by atoms with Gasteiger partial charge in [-0.1, -0.05) is 0 Å². The largest absolute Gasteiger partial charge is 0.318 e. The average molecular weight is 315 g/mol. The summed E-state index contributed by atoms with van der Waals surface area (Å²) >= 11 is 0. The third kappa shape index (κ3) is 3.54. The Balaban J connectivity index is 1.58. The molecule has 0 atom stereocenters. The molecule has 0 unspecified atom stereocenters. The molecule has 1 aromatic carbocycles. The van der Waals surface area contributed by atoms with Crippen LogP contribution < -0.4 is 16.0 Å². The number of rotatable bonds is 2. The summed E-state index contributed by atoms with van der Waals surface area (Å²) in [6, 6.07) is 5.10. The first kappa shape index (κ1) is 15.2. The molecule has 1 fully saturated rings. The molecule has 4 N–H and O–H groups in total. The fraction of sp³-hybridized carbons (Fsp3) is 0.333. The van der Waals surface area contributed by atoms with Gasteiger partial charge in [0.25, 0.3) is 0 Å². The predicted octanol–water partition coefficient (Wildman–Crippen LogP) is 0.144. The lowest BCUT2D eigenvalue weighted by Crippen LogP contribution is -2.44. The maximum Gasteiger partial charge on any atom is 0.316 e. The van der Waals surface area contributed by atoms with Gasteiger partial charge in [-0.3, -0.25) is 24.8 Å². The lowest BCUT2D eigenvalue weighted by Gasteiger charge is -2.21. The summed E-state index contributed by atoms with van der Waals surface area (Å²) in [5.74, 6) is -2.44. The Morgan fingerprint density at radius 1 is 1.13 bits per heavy atom. The van der Waals surface area contributed by atoms with E-state index in [0.29, 0.717) is 18.5 Å². The van der Waals surface area contributed by atoms with Crippen LogP contribution in [0.1, 0.15) is 12.8 Å². The van der Waals surface area contributed by atoms with E-state index in [9.17, 15) is 14.4 Å². The summed E-state index contributed by atoms with van der Waals surface area (Å²) in [5.41, 5.74) is 1.20. The van der Waals surface area contributed by atoms with Crippen molar-refractivity contribution in [2.45, 2.75) is 12.8 Å². The zero-order chi connectivity index (χ0) is 16.2. The fourth-order valence-electron chi connectivity index (χ4n) is 2.56. The molecule has 0 saturated carbocycles. The van der Waals surface area contributed by atoms with Crippen molar-refractivity contribution in [1.29, 1.82) is 0 Å². The summed E-state index contributed by atoms with van der Waals surface area (Å²) < 4.78 is 0. The molecule has 0 aliphatic carbocycles. The van der Waals surface area contributed by atoms with E-state index in [0.717, 1.165) is 24.0 Å². The maximum absolute atomic E-state index is 12.0. The number of anilines is 1. The maximum atomic E-state index is 12.0. The Labute approximate surface area is 132 Å². The monoisotopic (exact) mass is 315 g/mol. The Hall–Kier alpha value is -2.74. The van der Waals surface area contributed by atoms with Gasteiger partial charge in [0.05, 0.1) is 11.7 Å². The zero-order valence-corrected chi connectivity index (χ0v) is 12.4. The molecule has 0 bridgehead atoms. The van der Waals surface area contributed by atoms with Crippen LogP contribution in [0.2, 0.25) is 0 Å². The summed E-state index contributed by atoms with van der Waals surface area (Å²) in [6.07, 6.45) is 2.99. The van der Waals surface area contributed by atoms with Gasteiger partial charge in [-0.15, -0.1) is 0 Å². The number of nitrogens with zero attached hydrogens (tertiary/aromatic N) is 1. The number of fused-ring (bicyclic) bond motifs is 1. The molecule has 0 spiro atoms. The molecule has 1 aliphatic heterocycles. The molecule has 1 aliphatic rings. The van der Waals surface area contributed by atoms with E-state index in [1.807, 2.05) is 0 Å². The van der Waals surface area contributed by atoms with E-state index in [2.05, 4.69) is 26.1 Å². The van der Waals surface area contributed by atoms with E-state index in [4.69, 9.17) is 0 Å². The molecule has 2 heterocycles. The molecular weight excluding hydrogens is 298 g/mol. The van der Waals surface area contributed by atoms with Crippen molar-refractivity contribution in [1.82, 2.24) is 20.8 Å². The first-order chi connectivity index (χ1) is 11.1. The predicted molar refractivity (Wildman–Crippen MR) is 83.5 cm³/mol. The second kappa shape index (κ2) is 6.57. The van der Waals surface area contributed by atoms with E-state index in [1.54, 1.807) is 24.4 Å². The molecule has 2 aromatic rings. The third-order valence-corrected chi connectivity index (χ3v) is 3.85. The zero-order valence-electron chi connectivity index (χ0n) is 12.4. The SMILES string of the molecule is O=C(NC(=O)C1CCNCC1)C(=O)Nc1ccc2cn[nH]c2c1. The number of H-pyrrole nitrogens is 1. The summed E-state index contributed by atoms with van der Waals surface area (Å²) in [6.45, 7) is 1.48. The number of hydrogen-bond acceptors (Lipinski definition) is 5. The van der Waals surface area contributed by atoms with Gasteiger partial charge in [-0.05, 0) is 44.1 Å². The van der Waals surface area contributed by atoms with Crippen LogP contribution in [0.3, 0.4) is 0 Å². The van der Waals surface area contributed by atoms with E-state index in [1.165, 1.54) is 0 Å². The molecule has 1 aromatic heterocycles. The van der Waals surface area contributed by atoms with Gasteiger partial charge < -0.3 is 10.6 Å². The number of carbonyl (C=O) groups is 3. The van der Waals surface area contributed by atoms with E-state index in [-0.39, 0.29) is 5.92 Å². The lowest BCUT2D eigenvalue weighted by molar-refractivity contribution is -0.141. The number of aromatic amines is 1. The number of carbonyl (C=O) groups excluding carboxylic acids is 3. The van der Waals surface area contributed by atoms with Crippen LogP contribution in [-0.4, -0.2) is 41.0 Å². The standard InChI is InChI=1S/C15H17N5O3/c21-13(9-3-5-16-6-4-9)19-15(23)14(22)18-11-2-1-10-8-17-20-12(10)7-11/h1-2,7-9,16H,3-6H2,(H,17,20)(H,18,22)(H,19,21,23). The molecular formula is C15H17N5O3. The minimum absolute atomic E-state index is 0.227. The van der Waals surface area contributed by atoms with Crippen molar-refractivity contribution in [2.24, 2.45) is 5.92 Å². The van der Waals surface area contributed by atoms with Gasteiger partial charge in [-0.25, -0.2) is 0 Å². The van der Waals surface area contributed by atoms with Crippen LogP contribution in [0.5, 0.6) is 0 Å². The molecule has 3 amide bonds. The van der Waals surface area contributed by atoms with Crippen molar-refractivity contribution in [2.75, 3.05) is 18.4 Å². The lowest BCUT2D eigenvalue weighted by atomic mass is 9.97. The number of amides is 3. The van der Waals surface area contributed by atoms with Crippen molar-refractivity contribution in [3.63, 3.8) is 0 Å². The minimum atomic E-state index is -0.946. The van der Waals surface area contributed by atoms with Gasteiger partial charge in [0.2, 0.25) is 5.91 Å². The highest BCUT2D eigenvalue weighted by Crippen LogP contribution is 2.16. The van der Waals surface area contributed by atoms with Crippen LogP contribution in [0.4, 0.5) is 5.69 Å². The molecule has 23 heavy (non-hydrogen) atoms. The van der Waals surface area contributed by atoms with Gasteiger partial charge >= 0.3 is 11.8 Å². The first-order valence-corrected chi connectivity index (χ1v) is 7.43. The topological polar surface area (TPSA) is 116 Å². The molecule has 3 rings (SSSR count). The Morgan fingerprint density at radius 2 is 1.91 bits per heavy atom. The third-order valence-electron chi connectivity index (χ3n) is 3.85. The number of aromatic nitrogens is 2. The minimum Gasteiger partial charge on any atom is -0.318 e. The van der Waals surface area contributed by atoms with Crippen LogP contribution in [0.25, 0.3) is 10.9 Å². The molecule has 8 nitrogen and oxygen atoms in total. The quantitative estimate of drug-likeness (QED) is 0.589. The van der Waals surface area contributed by atoms with Crippen LogP contribution in [-0.2, 0) is 14.4 Å². The highest BCUT2D eigenvalue weighted by molar-refractivity contribution is 6.42. The highest BCUT2D eigenvalue weighted by atomic mass is 16.2. The Kier molecular flexibility index (Phi) is 4.33. The molecule has 1 saturated heterocycles. The second-order valence-electron chi connectivity index (χ2n) is 5.47. The smallest absolute Gasteiger partial charge is 0.316 e. The van der Waals surface area contributed by atoms with Gasteiger partial charge in [0, 0.05) is 17.0 Å². The number of nitrogens with one attached hydrogen (secondary N) is 4. The van der Waals surface area contributed by atoms with E-state index < -0.39 is 17.7 Å². The van der Waals surface area contributed by atoms with Gasteiger partial charge in [0.1, 0.15) is 0 Å². The van der Waals surface area contributed by atoms with Crippen molar-refractivity contribution < 1.29 is 14.4 Å². The highest BCUT2D eigenvalue weighted by Gasteiger charge is 2.25. The first-order valence-electron chi connectivity index (χ1n) is 7.43. The van der Waals surface area contributed by atoms with E-state index >= 15 is 0 Å². The average Bonchev–Trinajstić information content (AvgIpc) is 3.03. The number of benzene rings is 1. The molecule has 120 valence electrons.